The predicted octanol–water partition coefficient (Wildman–Crippen LogP) is 4.00. The first-order valence-corrected chi connectivity index (χ1v) is 6.60. The van der Waals surface area contributed by atoms with Crippen LogP contribution in [0.5, 0.6) is 0 Å². The van der Waals surface area contributed by atoms with Gasteiger partial charge in [-0.15, -0.1) is 0 Å². The Hall–Kier alpha value is -0.840. The number of thiocarbonyl (C=S) groups is 1. The van der Waals surface area contributed by atoms with Crippen LogP contribution in [0.1, 0.15) is 13.8 Å². The van der Waals surface area contributed by atoms with Crippen molar-refractivity contribution in [2.24, 2.45) is 0 Å². The SMILES string of the molecule is CC(C)=C1SC(=S)N(c2ccc(Cl)cc2)C1=O. The lowest BCUT2D eigenvalue weighted by atomic mass is 10.2. The largest absolute Gasteiger partial charge is 0.270 e. The standard InChI is InChI=1S/C12H10ClNOS2/c1-7(2)10-11(15)14(12(16)17-10)9-5-3-8(13)4-6-9/h3-6H,1-2H3. The number of rotatable bonds is 1. The van der Waals surface area contributed by atoms with Gasteiger partial charge in [0, 0.05) is 5.02 Å². The Balaban J connectivity index is 2.41. The third-order valence-electron chi connectivity index (χ3n) is 2.31. The number of hydrogen-bond donors (Lipinski definition) is 0. The molecule has 1 saturated heterocycles. The van der Waals surface area contributed by atoms with Gasteiger partial charge in [0.2, 0.25) is 0 Å². The van der Waals surface area contributed by atoms with Gasteiger partial charge in [-0.3, -0.25) is 9.69 Å². The monoisotopic (exact) mass is 283 g/mol. The lowest BCUT2D eigenvalue weighted by Gasteiger charge is -2.14. The van der Waals surface area contributed by atoms with Gasteiger partial charge in [0.1, 0.15) is 0 Å². The highest BCUT2D eigenvalue weighted by Crippen LogP contribution is 2.36. The van der Waals surface area contributed by atoms with Crippen molar-refractivity contribution in [1.29, 1.82) is 0 Å². The van der Waals surface area contributed by atoms with Gasteiger partial charge in [-0.05, 0) is 38.1 Å². The molecule has 0 atom stereocenters. The minimum Gasteiger partial charge on any atom is -0.268 e. The first-order valence-electron chi connectivity index (χ1n) is 5.00. The van der Waals surface area contributed by atoms with E-state index < -0.39 is 0 Å². The summed E-state index contributed by atoms with van der Waals surface area (Å²) in [4.78, 5) is 14.4. The number of hydrogen-bond acceptors (Lipinski definition) is 3. The maximum Gasteiger partial charge on any atom is 0.270 e. The first kappa shape index (κ1) is 12.6. The van der Waals surface area contributed by atoms with Gasteiger partial charge in [0.25, 0.3) is 5.91 Å². The summed E-state index contributed by atoms with van der Waals surface area (Å²) >= 11 is 12.4. The van der Waals surface area contributed by atoms with Crippen LogP contribution in [-0.4, -0.2) is 10.2 Å². The van der Waals surface area contributed by atoms with Gasteiger partial charge in [-0.25, -0.2) is 0 Å². The van der Waals surface area contributed by atoms with E-state index in [0.29, 0.717) is 14.2 Å². The van der Waals surface area contributed by atoms with E-state index in [0.717, 1.165) is 11.3 Å². The Kier molecular flexibility index (Phi) is 3.56. The Bertz CT molecular complexity index is 518. The van der Waals surface area contributed by atoms with Crippen molar-refractivity contribution in [3.63, 3.8) is 0 Å². The molecular formula is C12H10ClNOS2. The van der Waals surface area contributed by atoms with Crippen LogP contribution in [0.2, 0.25) is 5.02 Å². The molecule has 1 amide bonds. The summed E-state index contributed by atoms with van der Waals surface area (Å²) in [6, 6.07) is 7.08. The van der Waals surface area contributed by atoms with E-state index in [1.165, 1.54) is 11.8 Å². The Morgan fingerprint density at radius 1 is 1.29 bits per heavy atom. The first-order chi connectivity index (χ1) is 8.00. The van der Waals surface area contributed by atoms with E-state index in [-0.39, 0.29) is 5.91 Å². The number of nitrogens with zero attached hydrogens (tertiary/aromatic N) is 1. The van der Waals surface area contributed by atoms with Crippen molar-refractivity contribution in [2.45, 2.75) is 13.8 Å². The molecule has 88 valence electrons. The molecule has 0 radical (unpaired) electrons. The molecule has 1 aliphatic heterocycles. The average molecular weight is 284 g/mol. The molecule has 1 aliphatic rings. The van der Waals surface area contributed by atoms with Gasteiger partial charge < -0.3 is 0 Å². The van der Waals surface area contributed by atoms with E-state index in [1.54, 1.807) is 29.2 Å². The fraction of sp³-hybridized carbons (Fsp3) is 0.167. The number of carbonyl (C=O) groups excluding carboxylic acids is 1. The number of anilines is 1. The number of thioether (sulfide) groups is 1. The number of allylic oxidation sites excluding steroid dienone is 1. The Morgan fingerprint density at radius 2 is 1.88 bits per heavy atom. The van der Waals surface area contributed by atoms with Gasteiger partial charge in [-0.2, -0.15) is 0 Å². The molecule has 0 unspecified atom stereocenters. The van der Waals surface area contributed by atoms with Crippen LogP contribution in [0.4, 0.5) is 5.69 Å². The zero-order valence-corrected chi connectivity index (χ0v) is 11.7. The molecular weight excluding hydrogens is 274 g/mol. The van der Waals surface area contributed by atoms with Crippen LogP contribution in [0.25, 0.3) is 0 Å². The smallest absolute Gasteiger partial charge is 0.268 e. The van der Waals surface area contributed by atoms with Crippen molar-refractivity contribution >= 4 is 51.5 Å². The minimum atomic E-state index is -0.0534. The van der Waals surface area contributed by atoms with Crippen molar-refractivity contribution < 1.29 is 4.79 Å². The molecule has 1 heterocycles. The van der Waals surface area contributed by atoms with Crippen molar-refractivity contribution in [2.75, 3.05) is 4.90 Å². The number of carbonyl (C=O) groups is 1. The van der Waals surface area contributed by atoms with E-state index in [1.807, 2.05) is 13.8 Å². The average Bonchev–Trinajstić information content (AvgIpc) is 2.56. The second kappa shape index (κ2) is 4.80. The van der Waals surface area contributed by atoms with Gasteiger partial charge in [-0.1, -0.05) is 41.2 Å². The molecule has 17 heavy (non-hydrogen) atoms. The highest BCUT2D eigenvalue weighted by Gasteiger charge is 2.33. The summed E-state index contributed by atoms with van der Waals surface area (Å²) in [5.74, 6) is -0.0534. The van der Waals surface area contributed by atoms with Crippen molar-refractivity contribution in [3.8, 4) is 0 Å². The van der Waals surface area contributed by atoms with Crippen molar-refractivity contribution in [3.05, 3.63) is 39.8 Å². The van der Waals surface area contributed by atoms with Crippen LogP contribution >= 0.6 is 35.6 Å². The summed E-state index contributed by atoms with van der Waals surface area (Å²) in [7, 11) is 0. The van der Waals surface area contributed by atoms with Crippen LogP contribution in [0, 0.1) is 0 Å². The number of halogens is 1. The number of amides is 1. The molecule has 0 N–H and O–H groups in total. The van der Waals surface area contributed by atoms with Crippen molar-refractivity contribution in [1.82, 2.24) is 0 Å². The second-order valence-electron chi connectivity index (χ2n) is 3.81. The summed E-state index contributed by atoms with van der Waals surface area (Å²) < 4.78 is 0.563. The zero-order valence-electron chi connectivity index (χ0n) is 9.36. The molecule has 1 aromatic carbocycles. The Morgan fingerprint density at radius 3 is 2.35 bits per heavy atom. The predicted molar refractivity (Wildman–Crippen MR) is 77.5 cm³/mol. The molecule has 5 heteroatoms. The highest BCUT2D eigenvalue weighted by molar-refractivity contribution is 8.27. The van der Waals surface area contributed by atoms with E-state index in [4.69, 9.17) is 23.8 Å². The van der Waals surface area contributed by atoms with E-state index in [2.05, 4.69) is 0 Å². The fourth-order valence-electron chi connectivity index (χ4n) is 1.49. The minimum absolute atomic E-state index is 0.0534. The van der Waals surface area contributed by atoms with Gasteiger partial charge >= 0.3 is 0 Å². The van der Waals surface area contributed by atoms with Crippen LogP contribution in [0.3, 0.4) is 0 Å². The van der Waals surface area contributed by atoms with Gasteiger partial charge in [0.15, 0.2) is 4.32 Å². The summed E-state index contributed by atoms with van der Waals surface area (Å²) in [5, 5.41) is 0.640. The maximum absolute atomic E-state index is 12.2. The summed E-state index contributed by atoms with van der Waals surface area (Å²) in [6.07, 6.45) is 0. The lowest BCUT2D eigenvalue weighted by molar-refractivity contribution is -0.113. The second-order valence-corrected chi connectivity index (χ2v) is 5.89. The van der Waals surface area contributed by atoms with Crippen LogP contribution < -0.4 is 4.90 Å². The molecule has 2 nitrogen and oxygen atoms in total. The third-order valence-corrected chi connectivity index (χ3v) is 4.14. The topological polar surface area (TPSA) is 20.3 Å². The summed E-state index contributed by atoms with van der Waals surface area (Å²) in [5.41, 5.74) is 1.74. The van der Waals surface area contributed by atoms with E-state index in [9.17, 15) is 4.79 Å². The molecule has 1 fully saturated rings. The number of benzene rings is 1. The highest BCUT2D eigenvalue weighted by atomic mass is 35.5. The quantitative estimate of drug-likeness (QED) is 0.574. The van der Waals surface area contributed by atoms with E-state index >= 15 is 0 Å². The van der Waals surface area contributed by atoms with Crippen LogP contribution in [0.15, 0.2) is 34.7 Å². The summed E-state index contributed by atoms with van der Waals surface area (Å²) in [6.45, 7) is 3.82. The third kappa shape index (κ3) is 2.39. The molecule has 0 bridgehead atoms. The molecule has 2 rings (SSSR count). The maximum atomic E-state index is 12.2. The lowest BCUT2D eigenvalue weighted by Crippen LogP contribution is -2.27. The molecule has 0 aromatic heterocycles. The normalized spacial score (nSPS) is 15.7. The fourth-order valence-corrected chi connectivity index (χ4v) is 2.89. The van der Waals surface area contributed by atoms with Crippen LogP contribution in [-0.2, 0) is 4.79 Å². The van der Waals surface area contributed by atoms with Gasteiger partial charge in [0.05, 0.1) is 10.6 Å². The molecule has 0 aliphatic carbocycles. The zero-order chi connectivity index (χ0) is 12.6. The molecule has 0 spiro atoms. The molecule has 0 saturated carbocycles. The Labute approximate surface area is 115 Å². The molecule has 1 aromatic rings.